The van der Waals surface area contributed by atoms with Crippen LogP contribution >= 0.6 is 11.6 Å². The average Bonchev–Trinajstić information content (AvgIpc) is 2.68. The van der Waals surface area contributed by atoms with Crippen LogP contribution in [0.2, 0.25) is 5.15 Å². The number of rotatable bonds is 6. The fourth-order valence-electron chi connectivity index (χ4n) is 2.68. The number of para-hydroxylation sites is 1. The van der Waals surface area contributed by atoms with Gasteiger partial charge < -0.3 is 10.1 Å². The van der Waals surface area contributed by atoms with Gasteiger partial charge in [-0.25, -0.2) is 4.98 Å². The summed E-state index contributed by atoms with van der Waals surface area (Å²) in [4.78, 5) is 3.91. The zero-order valence-electron chi connectivity index (χ0n) is 14.8. The van der Waals surface area contributed by atoms with Crippen LogP contribution in [0.15, 0.2) is 72.9 Å². The highest BCUT2D eigenvalue weighted by Crippen LogP contribution is 2.23. The highest BCUT2D eigenvalue weighted by molar-refractivity contribution is 6.29. The number of hydrogen-bond acceptors (Lipinski definition) is 4. The number of pyridine rings is 1. The largest absolute Gasteiger partial charge is 0.457 e. The van der Waals surface area contributed by atoms with Gasteiger partial charge in [-0.3, -0.25) is 9.78 Å². The summed E-state index contributed by atoms with van der Waals surface area (Å²) in [6.07, 6.45) is 1.99. The summed E-state index contributed by atoms with van der Waals surface area (Å²) < 4.78 is 7.72. The van der Waals surface area contributed by atoms with Crippen molar-refractivity contribution in [2.75, 3.05) is 5.32 Å². The van der Waals surface area contributed by atoms with Crippen LogP contribution < -0.4 is 10.1 Å². The van der Waals surface area contributed by atoms with E-state index in [2.05, 4.69) is 15.4 Å². The van der Waals surface area contributed by atoms with Crippen LogP contribution in [0.3, 0.4) is 0 Å². The first-order chi connectivity index (χ1) is 13.7. The van der Waals surface area contributed by atoms with Crippen molar-refractivity contribution in [2.24, 2.45) is 0 Å². The van der Waals surface area contributed by atoms with E-state index in [4.69, 9.17) is 21.6 Å². The van der Waals surface area contributed by atoms with Crippen LogP contribution in [0.1, 0.15) is 11.4 Å². The Bertz CT molecular complexity index is 1100. The maximum atomic E-state index is 8.95. The Morgan fingerprint density at radius 3 is 2.50 bits per heavy atom. The van der Waals surface area contributed by atoms with Gasteiger partial charge in [-0.15, -0.1) is 0 Å². The molecule has 0 saturated heterocycles. The van der Waals surface area contributed by atoms with Gasteiger partial charge in [0.1, 0.15) is 28.4 Å². The summed E-state index contributed by atoms with van der Waals surface area (Å²) in [5, 5.41) is 15.7. The molecule has 2 N–H and O–H groups in total. The van der Waals surface area contributed by atoms with Gasteiger partial charge in [-0.2, -0.15) is 5.26 Å². The molecule has 28 heavy (non-hydrogen) atoms. The Labute approximate surface area is 167 Å². The molecule has 0 amide bonds. The van der Waals surface area contributed by atoms with Crippen molar-refractivity contribution < 1.29 is 4.74 Å². The number of ether oxygens (including phenoxy) is 1. The van der Waals surface area contributed by atoms with Crippen LogP contribution in [0.4, 0.5) is 5.69 Å². The quantitative estimate of drug-likeness (QED) is 0.448. The van der Waals surface area contributed by atoms with E-state index in [1.165, 1.54) is 0 Å². The Hall–Kier alpha value is -3.69. The molecule has 0 aliphatic rings. The van der Waals surface area contributed by atoms with E-state index >= 15 is 0 Å². The third kappa shape index (κ3) is 4.17. The summed E-state index contributed by atoms with van der Waals surface area (Å²) in [5.74, 6) is 1.59. The normalized spacial score (nSPS) is 10.4. The number of anilines is 1. The number of aromatic amines is 1. The molecular formula is C21H16ClN5O. The van der Waals surface area contributed by atoms with E-state index in [1.807, 2.05) is 71.5 Å². The lowest BCUT2D eigenvalue weighted by Crippen LogP contribution is -2.14. The molecule has 0 saturated carbocycles. The molecule has 4 rings (SSSR count). The maximum Gasteiger partial charge on any atom is 0.144 e. The molecule has 4 aromatic rings. The summed E-state index contributed by atoms with van der Waals surface area (Å²) in [5.41, 5.74) is 3.05. The molecule has 0 radical (unpaired) electrons. The summed E-state index contributed by atoms with van der Waals surface area (Å²) in [7, 11) is 0. The molecule has 0 aliphatic heterocycles. The Balaban J connectivity index is 1.36. The van der Waals surface area contributed by atoms with Gasteiger partial charge in [0, 0.05) is 11.9 Å². The van der Waals surface area contributed by atoms with Crippen molar-refractivity contribution in [3.05, 3.63) is 89.5 Å². The smallest absolute Gasteiger partial charge is 0.144 e. The average molecular weight is 390 g/mol. The molecule has 7 heteroatoms. The van der Waals surface area contributed by atoms with Gasteiger partial charge >= 0.3 is 0 Å². The van der Waals surface area contributed by atoms with E-state index in [0.29, 0.717) is 6.54 Å². The number of aromatic nitrogens is 3. The predicted molar refractivity (Wildman–Crippen MR) is 108 cm³/mol. The number of nitrogens with zero attached hydrogens (tertiary/aromatic N) is 3. The van der Waals surface area contributed by atoms with Gasteiger partial charge in [0.15, 0.2) is 0 Å². The Morgan fingerprint density at radius 2 is 1.79 bits per heavy atom. The standard InChI is InChI=1S/C21H16ClN5O/c22-21-11-15(10-16(12-23)25-21)24-13-17-14-27(26-17)18-6-8-20(9-7-18)28-19-4-2-1-3-5-19/h1-11,14,26H,13H2,(H,24,25). The number of nitriles is 1. The lowest BCUT2D eigenvalue weighted by atomic mass is 10.3. The highest BCUT2D eigenvalue weighted by atomic mass is 35.5. The minimum absolute atomic E-state index is 0.282. The summed E-state index contributed by atoms with van der Waals surface area (Å²) >= 11 is 5.91. The maximum absolute atomic E-state index is 8.95. The molecule has 2 heterocycles. The molecule has 0 spiro atoms. The molecule has 0 bridgehead atoms. The molecule has 0 atom stereocenters. The van der Waals surface area contributed by atoms with Gasteiger partial charge in [0.05, 0.1) is 17.9 Å². The fraction of sp³-hybridized carbons (Fsp3) is 0.0476. The van der Waals surface area contributed by atoms with Crippen LogP contribution in [0, 0.1) is 11.3 Å². The topological polar surface area (TPSA) is 78.7 Å². The van der Waals surface area contributed by atoms with Crippen molar-refractivity contribution in [3.8, 4) is 23.3 Å². The fourth-order valence-corrected chi connectivity index (χ4v) is 2.89. The summed E-state index contributed by atoms with van der Waals surface area (Å²) in [6.45, 7) is 0.580. The summed E-state index contributed by atoms with van der Waals surface area (Å²) in [6, 6.07) is 22.8. The zero-order valence-corrected chi connectivity index (χ0v) is 15.5. The van der Waals surface area contributed by atoms with E-state index in [0.717, 1.165) is 28.6 Å². The predicted octanol–water partition coefficient (Wildman–Crippen LogP) is 5.13. The first-order valence-electron chi connectivity index (χ1n) is 8.61. The first kappa shape index (κ1) is 17.7. The Morgan fingerprint density at radius 1 is 1.07 bits per heavy atom. The molecule has 2 aromatic carbocycles. The lowest BCUT2D eigenvalue weighted by molar-refractivity contribution is 0.482. The van der Waals surface area contributed by atoms with E-state index < -0.39 is 0 Å². The van der Waals surface area contributed by atoms with Crippen molar-refractivity contribution in [1.82, 2.24) is 14.8 Å². The van der Waals surface area contributed by atoms with Crippen LogP contribution in [0.25, 0.3) is 5.69 Å². The van der Waals surface area contributed by atoms with Crippen molar-refractivity contribution >= 4 is 17.3 Å². The minimum atomic E-state index is 0.282. The molecule has 138 valence electrons. The van der Waals surface area contributed by atoms with Gasteiger partial charge in [0.2, 0.25) is 0 Å². The van der Waals surface area contributed by atoms with Crippen molar-refractivity contribution in [1.29, 1.82) is 5.26 Å². The molecule has 0 unspecified atom stereocenters. The molecule has 2 aromatic heterocycles. The Kier molecular flexibility index (Phi) is 5.00. The molecule has 0 aliphatic carbocycles. The van der Waals surface area contributed by atoms with Gasteiger partial charge in [0.25, 0.3) is 0 Å². The third-order valence-corrected chi connectivity index (χ3v) is 4.23. The molecular weight excluding hydrogens is 374 g/mol. The second-order valence-electron chi connectivity index (χ2n) is 6.07. The second-order valence-corrected chi connectivity index (χ2v) is 6.46. The monoisotopic (exact) mass is 389 g/mol. The first-order valence-corrected chi connectivity index (χ1v) is 8.98. The number of benzene rings is 2. The van der Waals surface area contributed by atoms with Crippen LogP contribution in [-0.2, 0) is 6.54 Å². The highest BCUT2D eigenvalue weighted by Gasteiger charge is 2.06. The molecule has 0 fully saturated rings. The molecule has 6 nitrogen and oxygen atoms in total. The number of halogens is 1. The number of nitrogens with one attached hydrogen (secondary N) is 2. The van der Waals surface area contributed by atoms with Crippen LogP contribution in [-0.4, -0.2) is 14.8 Å². The van der Waals surface area contributed by atoms with Crippen molar-refractivity contribution in [3.63, 3.8) is 0 Å². The van der Waals surface area contributed by atoms with Gasteiger partial charge in [-0.1, -0.05) is 29.8 Å². The SMILES string of the molecule is N#Cc1cc(NCc2cn(-c3ccc(Oc4ccccc4)cc3)[nH]2)cc(Cl)n1. The van der Waals surface area contributed by atoms with Gasteiger partial charge in [-0.05, 0) is 48.5 Å². The van der Waals surface area contributed by atoms with E-state index in [1.54, 1.807) is 12.1 Å². The number of hydrogen-bond donors (Lipinski definition) is 2. The second kappa shape index (κ2) is 7.91. The van der Waals surface area contributed by atoms with E-state index in [-0.39, 0.29) is 10.8 Å². The number of H-pyrrole nitrogens is 1. The lowest BCUT2D eigenvalue weighted by Gasteiger charge is -2.17. The van der Waals surface area contributed by atoms with Crippen LogP contribution in [0.5, 0.6) is 11.5 Å². The third-order valence-electron chi connectivity index (χ3n) is 4.03. The van der Waals surface area contributed by atoms with Crippen molar-refractivity contribution in [2.45, 2.75) is 6.54 Å². The minimum Gasteiger partial charge on any atom is -0.457 e. The zero-order chi connectivity index (χ0) is 19.3. The van der Waals surface area contributed by atoms with E-state index in [9.17, 15) is 0 Å².